The Kier molecular flexibility index (Phi) is 4.12. The van der Waals surface area contributed by atoms with Gasteiger partial charge in [0.1, 0.15) is 11.8 Å². The SMILES string of the molecule is CC(C)N1C(=O)CCCC(N)C1c1occc1Br. The minimum Gasteiger partial charge on any atom is -0.466 e. The Morgan fingerprint density at radius 1 is 1.56 bits per heavy atom. The van der Waals surface area contributed by atoms with Crippen LogP contribution in [0.1, 0.15) is 44.9 Å². The Hall–Kier alpha value is -0.810. The lowest BCUT2D eigenvalue weighted by atomic mass is 10.0. The van der Waals surface area contributed by atoms with E-state index in [4.69, 9.17) is 10.2 Å². The quantitative estimate of drug-likeness (QED) is 0.913. The second-order valence-electron chi connectivity index (χ2n) is 5.03. The summed E-state index contributed by atoms with van der Waals surface area (Å²) in [4.78, 5) is 14.1. The van der Waals surface area contributed by atoms with E-state index in [1.54, 1.807) is 6.26 Å². The molecule has 1 aliphatic heterocycles. The number of carbonyl (C=O) groups is 1. The third-order valence-electron chi connectivity index (χ3n) is 3.39. The molecule has 1 aromatic heterocycles. The molecule has 0 aromatic carbocycles. The summed E-state index contributed by atoms with van der Waals surface area (Å²) in [5.74, 6) is 0.915. The Bertz CT molecular complexity index is 430. The van der Waals surface area contributed by atoms with Crippen LogP contribution in [0.2, 0.25) is 0 Å². The zero-order valence-corrected chi connectivity index (χ0v) is 12.3. The molecular weight excluding hydrogens is 296 g/mol. The maximum Gasteiger partial charge on any atom is 0.223 e. The summed E-state index contributed by atoms with van der Waals surface area (Å²) >= 11 is 3.46. The highest BCUT2D eigenvalue weighted by atomic mass is 79.9. The minimum atomic E-state index is -0.177. The number of furan rings is 1. The van der Waals surface area contributed by atoms with Gasteiger partial charge in [-0.3, -0.25) is 4.79 Å². The lowest BCUT2D eigenvalue weighted by Gasteiger charge is -2.35. The third kappa shape index (κ3) is 2.47. The maximum atomic E-state index is 12.2. The highest BCUT2D eigenvalue weighted by Crippen LogP contribution is 2.35. The molecule has 0 bridgehead atoms. The summed E-state index contributed by atoms with van der Waals surface area (Å²) < 4.78 is 6.42. The van der Waals surface area contributed by atoms with Crippen LogP contribution in [0.25, 0.3) is 0 Å². The van der Waals surface area contributed by atoms with Crippen molar-refractivity contribution in [3.05, 3.63) is 22.6 Å². The van der Waals surface area contributed by atoms with Crippen molar-refractivity contribution in [2.45, 2.75) is 51.2 Å². The largest absolute Gasteiger partial charge is 0.466 e. The van der Waals surface area contributed by atoms with Gasteiger partial charge in [-0.15, -0.1) is 0 Å². The van der Waals surface area contributed by atoms with Crippen molar-refractivity contribution >= 4 is 21.8 Å². The van der Waals surface area contributed by atoms with Crippen LogP contribution in [0.5, 0.6) is 0 Å². The van der Waals surface area contributed by atoms with Crippen LogP contribution >= 0.6 is 15.9 Å². The fourth-order valence-corrected chi connectivity index (χ4v) is 3.02. The van der Waals surface area contributed by atoms with E-state index in [1.165, 1.54) is 0 Å². The van der Waals surface area contributed by atoms with Gasteiger partial charge in [-0.2, -0.15) is 0 Å². The summed E-state index contributed by atoms with van der Waals surface area (Å²) in [6.45, 7) is 4.03. The maximum absolute atomic E-state index is 12.2. The van der Waals surface area contributed by atoms with Gasteiger partial charge in [-0.1, -0.05) is 0 Å². The van der Waals surface area contributed by atoms with Crippen molar-refractivity contribution in [1.82, 2.24) is 4.90 Å². The number of carbonyl (C=O) groups excluding carboxylic acids is 1. The monoisotopic (exact) mass is 314 g/mol. The zero-order valence-electron chi connectivity index (χ0n) is 10.7. The lowest BCUT2D eigenvalue weighted by molar-refractivity contribution is -0.135. The van der Waals surface area contributed by atoms with E-state index in [2.05, 4.69) is 15.9 Å². The van der Waals surface area contributed by atoms with Gasteiger partial charge < -0.3 is 15.1 Å². The number of hydrogen-bond donors (Lipinski definition) is 1. The van der Waals surface area contributed by atoms with Crippen molar-refractivity contribution < 1.29 is 9.21 Å². The lowest BCUT2D eigenvalue weighted by Crippen LogP contribution is -2.45. The van der Waals surface area contributed by atoms with Crippen LogP contribution in [0.4, 0.5) is 0 Å². The Morgan fingerprint density at radius 3 is 2.83 bits per heavy atom. The molecule has 1 amide bonds. The average molecular weight is 315 g/mol. The number of rotatable bonds is 2. The molecular formula is C13H19BrN2O2. The number of hydrogen-bond acceptors (Lipinski definition) is 3. The summed E-state index contributed by atoms with van der Waals surface area (Å²) in [5, 5.41) is 0. The molecule has 0 saturated carbocycles. The summed E-state index contributed by atoms with van der Waals surface area (Å²) in [6.07, 6.45) is 3.88. The molecule has 1 saturated heterocycles. The predicted octanol–water partition coefficient (Wildman–Crippen LogP) is 2.83. The van der Waals surface area contributed by atoms with Crippen molar-refractivity contribution in [2.75, 3.05) is 0 Å². The summed E-state index contributed by atoms with van der Waals surface area (Å²) in [5.41, 5.74) is 6.25. The molecule has 18 heavy (non-hydrogen) atoms. The summed E-state index contributed by atoms with van der Waals surface area (Å²) in [6, 6.07) is 1.70. The standard InChI is InChI=1S/C13H19BrN2O2/c1-8(2)16-11(17)5-3-4-10(15)12(16)13-9(14)6-7-18-13/h6-8,10,12H,3-5,15H2,1-2H3. The van der Waals surface area contributed by atoms with E-state index in [9.17, 15) is 4.79 Å². The van der Waals surface area contributed by atoms with E-state index in [0.717, 1.165) is 23.1 Å². The molecule has 2 unspecified atom stereocenters. The molecule has 1 aliphatic rings. The third-order valence-corrected chi connectivity index (χ3v) is 4.05. The van der Waals surface area contributed by atoms with Crippen LogP contribution in [0, 0.1) is 0 Å². The highest BCUT2D eigenvalue weighted by molar-refractivity contribution is 9.10. The van der Waals surface area contributed by atoms with Crippen LogP contribution < -0.4 is 5.73 Å². The molecule has 0 spiro atoms. The second-order valence-corrected chi connectivity index (χ2v) is 5.88. The van der Waals surface area contributed by atoms with Crippen LogP contribution in [0.15, 0.2) is 21.2 Å². The van der Waals surface area contributed by atoms with Gasteiger partial charge in [0.2, 0.25) is 5.91 Å². The normalized spacial score (nSPS) is 25.6. The van der Waals surface area contributed by atoms with Crippen molar-refractivity contribution in [3.63, 3.8) is 0 Å². The fourth-order valence-electron chi connectivity index (χ4n) is 2.58. The molecule has 0 radical (unpaired) electrons. The first-order chi connectivity index (χ1) is 8.52. The predicted molar refractivity (Wildman–Crippen MR) is 73.0 cm³/mol. The molecule has 1 aromatic rings. The van der Waals surface area contributed by atoms with Crippen LogP contribution in [-0.2, 0) is 4.79 Å². The van der Waals surface area contributed by atoms with Crippen molar-refractivity contribution in [3.8, 4) is 0 Å². The van der Waals surface area contributed by atoms with E-state index < -0.39 is 0 Å². The molecule has 1 fully saturated rings. The van der Waals surface area contributed by atoms with Crippen molar-refractivity contribution in [2.24, 2.45) is 5.73 Å². The van der Waals surface area contributed by atoms with Crippen molar-refractivity contribution in [1.29, 1.82) is 0 Å². The molecule has 2 rings (SSSR count). The van der Waals surface area contributed by atoms with Gasteiger partial charge in [0.25, 0.3) is 0 Å². The molecule has 5 heteroatoms. The van der Waals surface area contributed by atoms with E-state index in [0.29, 0.717) is 6.42 Å². The smallest absolute Gasteiger partial charge is 0.223 e. The average Bonchev–Trinajstić information content (AvgIpc) is 2.64. The first kappa shape index (κ1) is 13.6. The van der Waals surface area contributed by atoms with Gasteiger partial charge in [-0.25, -0.2) is 0 Å². The van der Waals surface area contributed by atoms with Crippen LogP contribution in [0.3, 0.4) is 0 Å². The van der Waals surface area contributed by atoms with Gasteiger partial charge >= 0.3 is 0 Å². The Labute approximate surface area is 116 Å². The molecule has 4 nitrogen and oxygen atoms in total. The molecule has 2 N–H and O–H groups in total. The van der Waals surface area contributed by atoms with Gasteiger partial charge in [0, 0.05) is 18.5 Å². The number of nitrogens with zero attached hydrogens (tertiary/aromatic N) is 1. The summed E-state index contributed by atoms with van der Waals surface area (Å²) in [7, 11) is 0. The van der Waals surface area contributed by atoms with E-state index in [1.807, 2.05) is 24.8 Å². The number of nitrogens with two attached hydrogens (primary N) is 1. The molecule has 2 atom stereocenters. The zero-order chi connectivity index (χ0) is 13.3. The topological polar surface area (TPSA) is 59.5 Å². The van der Waals surface area contributed by atoms with E-state index in [-0.39, 0.29) is 24.0 Å². The van der Waals surface area contributed by atoms with Gasteiger partial charge in [-0.05, 0) is 48.7 Å². The molecule has 0 aliphatic carbocycles. The Balaban J connectivity index is 2.42. The van der Waals surface area contributed by atoms with Gasteiger partial charge in [0.15, 0.2) is 0 Å². The van der Waals surface area contributed by atoms with E-state index >= 15 is 0 Å². The molecule has 100 valence electrons. The first-order valence-electron chi connectivity index (χ1n) is 6.32. The van der Waals surface area contributed by atoms with Gasteiger partial charge in [0.05, 0.1) is 10.7 Å². The fraction of sp³-hybridized carbons (Fsp3) is 0.615. The first-order valence-corrected chi connectivity index (χ1v) is 7.11. The van der Waals surface area contributed by atoms with Crippen LogP contribution in [-0.4, -0.2) is 22.9 Å². The Morgan fingerprint density at radius 2 is 2.28 bits per heavy atom. The second kappa shape index (κ2) is 5.45. The molecule has 2 heterocycles. The highest BCUT2D eigenvalue weighted by Gasteiger charge is 2.37. The number of halogens is 1. The number of likely N-dealkylation sites (tertiary alicyclic amines) is 1. The number of amides is 1. The minimum absolute atomic E-state index is 0.0821.